The van der Waals surface area contributed by atoms with Gasteiger partial charge in [0.1, 0.15) is 0 Å². The molecule has 2 nitrogen and oxygen atoms in total. The zero-order valence-electron chi connectivity index (χ0n) is 12.4. The Hall–Kier alpha value is -1.39. The SMILES string of the molecule is COc1ccc(C(C)N[C@H](C)c2cccc(Br)c2)cc1F. The van der Waals surface area contributed by atoms with Crippen LogP contribution in [0.2, 0.25) is 0 Å². The van der Waals surface area contributed by atoms with E-state index in [9.17, 15) is 4.39 Å². The van der Waals surface area contributed by atoms with Crippen LogP contribution in [0.25, 0.3) is 0 Å². The number of nitrogens with one attached hydrogen (secondary N) is 1. The predicted octanol–water partition coefficient (Wildman–Crippen LogP) is 5.01. The summed E-state index contributed by atoms with van der Waals surface area (Å²) in [6.45, 7) is 4.12. The lowest BCUT2D eigenvalue weighted by Gasteiger charge is -2.21. The highest BCUT2D eigenvalue weighted by atomic mass is 79.9. The Labute approximate surface area is 133 Å². The molecular formula is C17H19BrFNO. The van der Waals surface area contributed by atoms with E-state index in [-0.39, 0.29) is 23.7 Å². The predicted molar refractivity (Wildman–Crippen MR) is 87.1 cm³/mol. The Morgan fingerprint density at radius 1 is 1.05 bits per heavy atom. The van der Waals surface area contributed by atoms with Crippen LogP contribution in [0.4, 0.5) is 4.39 Å². The van der Waals surface area contributed by atoms with Gasteiger partial charge in [0.05, 0.1) is 7.11 Å². The first-order valence-electron chi connectivity index (χ1n) is 6.86. The minimum Gasteiger partial charge on any atom is -0.494 e. The van der Waals surface area contributed by atoms with Crippen molar-refractivity contribution in [3.05, 3.63) is 63.9 Å². The molecule has 0 aliphatic heterocycles. The fourth-order valence-electron chi connectivity index (χ4n) is 2.30. The van der Waals surface area contributed by atoms with Gasteiger partial charge in [0, 0.05) is 16.6 Å². The summed E-state index contributed by atoms with van der Waals surface area (Å²) in [5, 5.41) is 3.48. The van der Waals surface area contributed by atoms with Gasteiger partial charge in [0.2, 0.25) is 0 Å². The van der Waals surface area contributed by atoms with Crippen molar-refractivity contribution in [1.29, 1.82) is 0 Å². The van der Waals surface area contributed by atoms with E-state index in [4.69, 9.17) is 4.74 Å². The monoisotopic (exact) mass is 351 g/mol. The van der Waals surface area contributed by atoms with E-state index in [0.717, 1.165) is 10.0 Å². The highest BCUT2D eigenvalue weighted by Gasteiger charge is 2.13. The van der Waals surface area contributed by atoms with Gasteiger partial charge in [-0.05, 0) is 49.2 Å². The van der Waals surface area contributed by atoms with Crippen molar-refractivity contribution in [2.45, 2.75) is 25.9 Å². The number of rotatable bonds is 5. The molecule has 4 heteroatoms. The lowest BCUT2D eigenvalue weighted by Crippen LogP contribution is -2.22. The number of benzene rings is 2. The first-order chi connectivity index (χ1) is 10.0. The third-order valence-electron chi connectivity index (χ3n) is 3.52. The molecule has 0 amide bonds. The molecule has 2 aromatic carbocycles. The van der Waals surface area contributed by atoms with Crippen molar-refractivity contribution in [2.75, 3.05) is 7.11 Å². The van der Waals surface area contributed by atoms with Crippen molar-refractivity contribution in [1.82, 2.24) is 5.32 Å². The van der Waals surface area contributed by atoms with Crippen LogP contribution < -0.4 is 10.1 Å². The Balaban J connectivity index is 2.10. The molecule has 2 rings (SSSR count). The summed E-state index contributed by atoms with van der Waals surface area (Å²) < 4.78 is 19.8. The van der Waals surface area contributed by atoms with Gasteiger partial charge in [-0.3, -0.25) is 0 Å². The smallest absolute Gasteiger partial charge is 0.165 e. The van der Waals surface area contributed by atoms with Crippen LogP contribution >= 0.6 is 15.9 Å². The number of hydrogen-bond acceptors (Lipinski definition) is 2. The van der Waals surface area contributed by atoms with Crippen molar-refractivity contribution in [3.8, 4) is 5.75 Å². The van der Waals surface area contributed by atoms with Crippen LogP contribution in [0.15, 0.2) is 46.9 Å². The molecule has 0 radical (unpaired) electrons. The summed E-state index contributed by atoms with van der Waals surface area (Å²) >= 11 is 3.48. The van der Waals surface area contributed by atoms with Gasteiger partial charge in [-0.2, -0.15) is 0 Å². The molecule has 1 unspecified atom stereocenters. The molecule has 21 heavy (non-hydrogen) atoms. The highest BCUT2D eigenvalue weighted by molar-refractivity contribution is 9.10. The van der Waals surface area contributed by atoms with E-state index in [1.807, 2.05) is 25.1 Å². The molecule has 112 valence electrons. The minimum atomic E-state index is -0.334. The van der Waals surface area contributed by atoms with Gasteiger partial charge >= 0.3 is 0 Å². The van der Waals surface area contributed by atoms with E-state index >= 15 is 0 Å². The van der Waals surface area contributed by atoms with Crippen LogP contribution in [0, 0.1) is 5.82 Å². The van der Waals surface area contributed by atoms with Gasteiger partial charge < -0.3 is 10.1 Å². The van der Waals surface area contributed by atoms with Crippen LogP contribution in [0.1, 0.15) is 37.1 Å². The zero-order valence-corrected chi connectivity index (χ0v) is 13.9. The Morgan fingerprint density at radius 3 is 2.29 bits per heavy atom. The second-order valence-electron chi connectivity index (χ2n) is 5.06. The molecule has 0 saturated heterocycles. The standard InChI is InChI=1S/C17H19BrFNO/c1-11(13-5-4-6-15(18)9-13)20-12(2)14-7-8-17(21-3)16(19)10-14/h4-12,20H,1-3H3/t11-,12?/m1/s1. The first-order valence-corrected chi connectivity index (χ1v) is 7.65. The molecule has 2 atom stereocenters. The Morgan fingerprint density at radius 2 is 1.71 bits per heavy atom. The molecule has 0 saturated carbocycles. The van der Waals surface area contributed by atoms with Crippen molar-refractivity contribution in [2.24, 2.45) is 0 Å². The molecule has 2 aromatic rings. The number of methoxy groups -OCH3 is 1. The zero-order chi connectivity index (χ0) is 15.4. The third kappa shape index (κ3) is 4.05. The largest absolute Gasteiger partial charge is 0.494 e. The van der Waals surface area contributed by atoms with Crippen molar-refractivity contribution in [3.63, 3.8) is 0 Å². The van der Waals surface area contributed by atoms with E-state index < -0.39 is 0 Å². The average molecular weight is 352 g/mol. The van der Waals surface area contributed by atoms with E-state index in [1.54, 1.807) is 6.07 Å². The van der Waals surface area contributed by atoms with Crippen LogP contribution in [-0.2, 0) is 0 Å². The van der Waals surface area contributed by atoms with E-state index in [1.165, 1.54) is 18.7 Å². The highest BCUT2D eigenvalue weighted by Crippen LogP contribution is 2.25. The molecule has 0 bridgehead atoms. The summed E-state index contributed by atoms with van der Waals surface area (Å²) in [4.78, 5) is 0. The van der Waals surface area contributed by atoms with Crippen LogP contribution in [0.3, 0.4) is 0 Å². The van der Waals surface area contributed by atoms with Gasteiger partial charge in [0.15, 0.2) is 11.6 Å². The molecule has 0 aliphatic carbocycles. The lowest BCUT2D eigenvalue weighted by molar-refractivity contribution is 0.385. The Kier molecular flexibility index (Phi) is 5.37. The molecular weight excluding hydrogens is 333 g/mol. The summed E-state index contributed by atoms with van der Waals surface area (Å²) in [5.74, 6) is -0.0650. The quantitative estimate of drug-likeness (QED) is 0.817. The molecule has 0 spiro atoms. The summed E-state index contributed by atoms with van der Waals surface area (Å²) in [7, 11) is 1.47. The number of ether oxygens (including phenoxy) is 1. The van der Waals surface area contributed by atoms with Gasteiger partial charge in [-0.25, -0.2) is 4.39 Å². The van der Waals surface area contributed by atoms with Crippen molar-refractivity contribution >= 4 is 15.9 Å². The minimum absolute atomic E-state index is 0.0411. The van der Waals surface area contributed by atoms with Crippen LogP contribution in [0.5, 0.6) is 5.75 Å². The molecule has 0 aliphatic rings. The maximum absolute atomic E-state index is 13.8. The second-order valence-corrected chi connectivity index (χ2v) is 5.97. The average Bonchev–Trinajstić information content (AvgIpc) is 2.47. The normalized spacial score (nSPS) is 13.8. The third-order valence-corrected chi connectivity index (χ3v) is 4.02. The molecule has 1 N–H and O–H groups in total. The van der Waals surface area contributed by atoms with Crippen LogP contribution in [-0.4, -0.2) is 7.11 Å². The Bertz CT molecular complexity index is 617. The summed E-state index contributed by atoms with van der Waals surface area (Å²) in [6, 6.07) is 13.4. The fraction of sp³-hybridized carbons (Fsp3) is 0.294. The summed E-state index contributed by atoms with van der Waals surface area (Å²) in [5.41, 5.74) is 2.08. The second kappa shape index (κ2) is 7.05. The molecule has 0 aromatic heterocycles. The van der Waals surface area contributed by atoms with E-state index in [0.29, 0.717) is 0 Å². The fourth-order valence-corrected chi connectivity index (χ4v) is 2.71. The topological polar surface area (TPSA) is 21.3 Å². The first kappa shape index (κ1) is 16.0. The number of halogens is 2. The number of hydrogen-bond donors (Lipinski definition) is 1. The lowest BCUT2D eigenvalue weighted by atomic mass is 10.0. The van der Waals surface area contributed by atoms with Gasteiger partial charge in [-0.15, -0.1) is 0 Å². The van der Waals surface area contributed by atoms with Gasteiger partial charge in [-0.1, -0.05) is 34.1 Å². The molecule has 0 fully saturated rings. The maximum atomic E-state index is 13.8. The van der Waals surface area contributed by atoms with E-state index in [2.05, 4.69) is 40.3 Å². The maximum Gasteiger partial charge on any atom is 0.165 e. The van der Waals surface area contributed by atoms with Gasteiger partial charge in [0.25, 0.3) is 0 Å². The van der Waals surface area contributed by atoms with Crippen molar-refractivity contribution < 1.29 is 9.13 Å². The molecule has 0 heterocycles. The summed E-state index contributed by atoms with van der Waals surface area (Å²) in [6.07, 6.45) is 0.